The molecule has 8 nitrogen and oxygen atoms in total. The molecule has 1 amide bonds. The van der Waals surface area contributed by atoms with E-state index in [1.165, 1.54) is 21.6 Å². The Morgan fingerprint density at radius 1 is 0.939 bits per heavy atom. The van der Waals surface area contributed by atoms with Crippen LogP contribution in [0.3, 0.4) is 0 Å². The molecule has 1 aromatic heterocycles. The van der Waals surface area contributed by atoms with E-state index in [0.717, 1.165) is 17.1 Å². The van der Waals surface area contributed by atoms with E-state index in [2.05, 4.69) is 10.2 Å². The van der Waals surface area contributed by atoms with Gasteiger partial charge in [0, 0.05) is 31.9 Å². The van der Waals surface area contributed by atoms with Crippen molar-refractivity contribution in [3.05, 3.63) is 71.5 Å². The number of piperazine rings is 1. The predicted octanol–water partition coefficient (Wildman–Crippen LogP) is 2.65. The molecule has 2 aromatic carbocycles. The molecule has 0 radical (unpaired) electrons. The number of hydrogen-bond donors (Lipinski definition) is 0. The number of aryl methyl sites for hydroxylation is 2. The first-order valence-corrected chi connectivity index (χ1v) is 13.3. The third-order valence-electron chi connectivity index (χ3n) is 5.59. The maximum atomic E-state index is 12.8. The van der Waals surface area contributed by atoms with Gasteiger partial charge in [-0.15, -0.1) is 10.2 Å². The second kappa shape index (κ2) is 10.1. The van der Waals surface area contributed by atoms with Crippen LogP contribution in [-0.4, -0.2) is 70.2 Å². The van der Waals surface area contributed by atoms with Crippen LogP contribution < -0.4 is 0 Å². The van der Waals surface area contributed by atoms with Gasteiger partial charge in [-0.25, -0.2) is 8.42 Å². The van der Waals surface area contributed by atoms with Crippen LogP contribution in [0.4, 0.5) is 0 Å². The Bertz CT molecular complexity index is 1200. The van der Waals surface area contributed by atoms with Gasteiger partial charge in [-0.05, 0) is 31.5 Å². The van der Waals surface area contributed by atoms with Gasteiger partial charge in [-0.1, -0.05) is 59.8 Å². The highest BCUT2D eigenvalue weighted by atomic mass is 32.2. The number of rotatable bonds is 7. The van der Waals surface area contributed by atoms with Gasteiger partial charge >= 0.3 is 0 Å². The summed E-state index contributed by atoms with van der Waals surface area (Å²) in [5.74, 6) is 0.925. The lowest BCUT2D eigenvalue weighted by Crippen LogP contribution is -2.51. The standard InChI is InChI=1S/C23H27N5O3S2/c1-18-8-10-21(11-9-18)28-19(2)24-25-23(28)32-16-22(29)26-12-14-27(15-13-26)33(30,31)17-20-6-4-3-5-7-20/h3-11H,12-17H2,1-2H3. The minimum absolute atomic E-state index is 0.0222. The summed E-state index contributed by atoms with van der Waals surface area (Å²) in [5.41, 5.74) is 2.88. The van der Waals surface area contributed by atoms with Crippen molar-refractivity contribution >= 4 is 27.7 Å². The largest absolute Gasteiger partial charge is 0.339 e. The molecule has 1 aliphatic rings. The van der Waals surface area contributed by atoms with Crippen molar-refractivity contribution in [1.82, 2.24) is 24.0 Å². The molecule has 2 heterocycles. The van der Waals surface area contributed by atoms with Crippen molar-refractivity contribution in [2.24, 2.45) is 0 Å². The SMILES string of the molecule is Cc1ccc(-n2c(C)nnc2SCC(=O)N2CCN(S(=O)(=O)Cc3ccccc3)CC2)cc1. The second-order valence-corrected chi connectivity index (χ2v) is 10.9. The van der Waals surface area contributed by atoms with Gasteiger partial charge in [0.25, 0.3) is 0 Å². The molecule has 174 valence electrons. The molecule has 1 aliphatic heterocycles. The van der Waals surface area contributed by atoms with E-state index in [-0.39, 0.29) is 17.4 Å². The van der Waals surface area contributed by atoms with E-state index >= 15 is 0 Å². The average molecular weight is 486 g/mol. The molecule has 0 N–H and O–H groups in total. The lowest BCUT2D eigenvalue weighted by Gasteiger charge is -2.34. The monoisotopic (exact) mass is 485 g/mol. The average Bonchev–Trinajstić information content (AvgIpc) is 3.18. The van der Waals surface area contributed by atoms with Crippen LogP contribution in [0.2, 0.25) is 0 Å². The molecule has 0 aliphatic carbocycles. The Morgan fingerprint density at radius 3 is 2.27 bits per heavy atom. The summed E-state index contributed by atoms with van der Waals surface area (Å²) in [5, 5.41) is 9.07. The third-order valence-corrected chi connectivity index (χ3v) is 8.35. The lowest BCUT2D eigenvalue weighted by atomic mass is 10.2. The third kappa shape index (κ3) is 5.63. The van der Waals surface area contributed by atoms with Crippen LogP contribution in [0.25, 0.3) is 5.69 Å². The van der Waals surface area contributed by atoms with E-state index < -0.39 is 10.0 Å². The Kier molecular flexibility index (Phi) is 7.16. The van der Waals surface area contributed by atoms with Crippen molar-refractivity contribution in [3.63, 3.8) is 0 Å². The van der Waals surface area contributed by atoms with Gasteiger partial charge in [-0.3, -0.25) is 9.36 Å². The van der Waals surface area contributed by atoms with E-state index in [1.54, 1.807) is 4.90 Å². The van der Waals surface area contributed by atoms with Crippen molar-refractivity contribution < 1.29 is 13.2 Å². The number of carbonyl (C=O) groups excluding carboxylic acids is 1. The van der Waals surface area contributed by atoms with Crippen molar-refractivity contribution in [1.29, 1.82) is 0 Å². The number of sulfonamides is 1. The number of carbonyl (C=O) groups is 1. The highest BCUT2D eigenvalue weighted by Crippen LogP contribution is 2.23. The van der Waals surface area contributed by atoms with Crippen molar-refractivity contribution in [3.8, 4) is 5.69 Å². The molecular formula is C23H27N5O3S2. The van der Waals surface area contributed by atoms with Gasteiger partial charge in [0.05, 0.1) is 11.5 Å². The van der Waals surface area contributed by atoms with E-state index in [4.69, 9.17) is 0 Å². The zero-order chi connectivity index (χ0) is 23.4. The molecule has 0 saturated carbocycles. The minimum atomic E-state index is -3.41. The summed E-state index contributed by atoms with van der Waals surface area (Å²) >= 11 is 1.34. The van der Waals surface area contributed by atoms with Crippen LogP contribution in [0.15, 0.2) is 59.8 Å². The van der Waals surface area contributed by atoms with Crippen molar-refractivity contribution in [2.75, 3.05) is 31.9 Å². The molecule has 0 bridgehead atoms. The highest BCUT2D eigenvalue weighted by Gasteiger charge is 2.29. The second-order valence-electron chi connectivity index (χ2n) is 8.01. The van der Waals surface area contributed by atoms with Crippen LogP contribution in [0, 0.1) is 13.8 Å². The smallest absolute Gasteiger partial charge is 0.233 e. The first kappa shape index (κ1) is 23.5. The van der Waals surface area contributed by atoms with E-state index in [9.17, 15) is 13.2 Å². The topological polar surface area (TPSA) is 88.4 Å². The fraction of sp³-hybridized carbons (Fsp3) is 0.348. The Hall–Kier alpha value is -2.69. The molecule has 0 unspecified atom stereocenters. The molecule has 0 atom stereocenters. The quantitative estimate of drug-likeness (QED) is 0.478. The maximum Gasteiger partial charge on any atom is 0.233 e. The van der Waals surface area contributed by atoms with Crippen LogP contribution in [-0.2, 0) is 20.6 Å². The predicted molar refractivity (Wildman–Crippen MR) is 129 cm³/mol. The molecular weight excluding hydrogens is 458 g/mol. The summed E-state index contributed by atoms with van der Waals surface area (Å²) in [4.78, 5) is 14.5. The number of aromatic nitrogens is 3. The normalized spacial score (nSPS) is 15.0. The summed E-state index contributed by atoms with van der Waals surface area (Å²) in [6.07, 6.45) is 0. The molecule has 3 aromatic rings. The van der Waals surface area contributed by atoms with Gasteiger partial charge in [0.2, 0.25) is 15.9 Å². The summed E-state index contributed by atoms with van der Waals surface area (Å²) < 4.78 is 28.9. The lowest BCUT2D eigenvalue weighted by molar-refractivity contribution is -0.129. The van der Waals surface area contributed by atoms with Crippen LogP contribution in [0.1, 0.15) is 17.0 Å². The Labute approximate surface area is 198 Å². The maximum absolute atomic E-state index is 12.8. The zero-order valence-corrected chi connectivity index (χ0v) is 20.3. The molecule has 33 heavy (non-hydrogen) atoms. The van der Waals surface area contributed by atoms with E-state index in [0.29, 0.717) is 31.3 Å². The minimum Gasteiger partial charge on any atom is -0.339 e. The van der Waals surface area contributed by atoms with Gasteiger partial charge in [0.1, 0.15) is 5.82 Å². The van der Waals surface area contributed by atoms with E-state index in [1.807, 2.05) is 73.0 Å². The summed E-state index contributed by atoms with van der Waals surface area (Å²) in [6.45, 7) is 5.31. The molecule has 10 heteroatoms. The van der Waals surface area contributed by atoms with Crippen molar-refractivity contribution in [2.45, 2.75) is 24.8 Å². The first-order valence-electron chi connectivity index (χ1n) is 10.7. The number of thioether (sulfide) groups is 1. The zero-order valence-electron chi connectivity index (χ0n) is 18.7. The van der Waals surface area contributed by atoms with Gasteiger partial charge < -0.3 is 4.90 Å². The number of benzene rings is 2. The van der Waals surface area contributed by atoms with Gasteiger partial charge in [0.15, 0.2) is 5.16 Å². The fourth-order valence-corrected chi connectivity index (χ4v) is 6.15. The number of hydrogen-bond acceptors (Lipinski definition) is 6. The van der Waals surface area contributed by atoms with Gasteiger partial charge in [-0.2, -0.15) is 4.31 Å². The molecule has 4 rings (SSSR count). The van der Waals surface area contributed by atoms with Crippen LogP contribution >= 0.6 is 11.8 Å². The van der Waals surface area contributed by atoms with Crippen LogP contribution in [0.5, 0.6) is 0 Å². The first-order chi connectivity index (χ1) is 15.8. The molecule has 0 spiro atoms. The Morgan fingerprint density at radius 2 is 1.61 bits per heavy atom. The highest BCUT2D eigenvalue weighted by molar-refractivity contribution is 7.99. The molecule has 1 saturated heterocycles. The summed E-state index contributed by atoms with van der Waals surface area (Å²) in [6, 6.07) is 17.2. The molecule has 1 fully saturated rings. The number of nitrogens with zero attached hydrogens (tertiary/aromatic N) is 5. The fourth-order valence-electron chi connectivity index (χ4n) is 3.74. The number of amides is 1. The summed E-state index contributed by atoms with van der Waals surface area (Å²) in [7, 11) is -3.41. The Balaban J connectivity index is 1.33.